The van der Waals surface area contributed by atoms with Gasteiger partial charge in [-0.15, -0.1) is 5.11 Å². The molecule has 11 nitrogen and oxygen atoms in total. The van der Waals surface area contributed by atoms with Crippen molar-refractivity contribution in [3.8, 4) is 11.3 Å². The Morgan fingerprint density at radius 1 is 1.17 bits per heavy atom. The van der Waals surface area contributed by atoms with E-state index in [1.807, 2.05) is 0 Å². The molecule has 0 spiro atoms. The number of nitro groups is 2. The second-order valence-corrected chi connectivity index (χ2v) is 4.14. The van der Waals surface area contributed by atoms with Gasteiger partial charge >= 0.3 is 5.96 Å². The first-order chi connectivity index (χ1) is 11.0. The molecular formula is C12H10N6O5. The van der Waals surface area contributed by atoms with Gasteiger partial charge in [-0.25, -0.2) is 10.1 Å². The topological polar surface area (TPSA) is 163 Å². The number of guanidine groups is 1. The quantitative estimate of drug-likeness (QED) is 0.292. The summed E-state index contributed by atoms with van der Waals surface area (Å²) in [5.74, 6) is 0.0608. The molecule has 0 unspecified atom stereocenters. The molecular weight excluding hydrogens is 308 g/mol. The maximum Gasteiger partial charge on any atom is 0.310 e. The van der Waals surface area contributed by atoms with Crippen LogP contribution in [-0.2, 0) is 6.54 Å². The molecule has 2 N–H and O–H groups in total. The summed E-state index contributed by atoms with van der Waals surface area (Å²) in [6.45, 7) is -0.0471. The molecule has 1 aromatic heterocycles. The SMILES string of the molecule is NC(N=NCc1ccc(-c2ccccc2[N+](=O)[O-])o1)=N[N+](=O)[O-]. The number of hydrogen-bond acceptors (Lipinski definition) is 6. The number of nitrogens with zero attached hydrogens (tertiary/aromatic N) is 5. The molecule has 0 atom stereocenters. The number of hydrogen-bond donors (Lipinski definition) is 1. The summed E-state index contributed by atoms with van der Waals surface area (Å²) < 4.78 is 5.45. The molecule has 118 valence electrons. The van der Waals surface area contributed by atoms with Gasteiger partial charge in [-0.05, 0) is 18.2 Å². The number of hydrazone groups is 1. The fraction of sp³-hybridized carbons (Fsp3) is 0.0833. The first kappa shape index (κ1) is 15.8. The average Bonchev–Trinajstić information content (AvgIpc) is 2.95. The van der Waals surface area contributed by atoms with Crippen molar-refractivity contribution in [3.63, 3.8) is 0 Å². The summed E-state index contributed by atoms with van der Waals surface area (Å²) in [5, 5.41) is 29.7. The standard InChI is InChI=1S/C12H10N6O5/c13-12(16-18(21)22)15-14-7-8-5-6-11(23-8)9-3-1-2-4-10(9)17(19)20/h1-6H,7H2,(H2,13,16). The third-order valence-corrected chi connectivity index (χ3v) is 2.61. The summed E-state index contributed by atoms with van der Waals surface area (Å²) >= 11 is 0. The fourth-order valence-electron chi connectivity index (χ4n) is 1.73. The molecule has 2 rings (SSSR count). The monoisotopic (exact) mass is 318 g/mol. The van der Waals surface area contributed by atoms with E-state index in [0.717, 1.165) is 0 Å². The van der Waals surface area contributed by atoms with E-state index in [2.05, 4.69) is 15.3 Å². The highest BCUT2D eigenvalue weighted by Crippen LogP contribution is 2.30. The van der Waals surface area contributed by atoms with Crippen LogP contribution in [0.25, 0.3) is 11.3 Å². The molecule has 1 aromatic carbocycles. The number of nitrogens with two attached hydrogens (primary N) is 1. The van der Waals surface area contributed by atoms with Crippen LogP contribution in [-0.4, -0.2) is 15.9 Å². The van der Waals surface area contributed by atoms with Crippen LogP contribution >= 0.6 is 0 Å². The lowest BCUT2D eigenvalue weighted by atomic mass is 10.1. The lowest BCUT2D eigenvalue weighted by Gasteiger charge is -1.98. The van der Waals surface area contributed by atoms with Crippen LogP contribution in [0.3, 0.4) is 0 Å². The lowest BCUT2D eigenvalue weighted by Crippen LogP contribution is -2.09. The fourth-order valence-corrected chi connectivity index (χ4v) is 1.73. The number of benzene rings is 1. The highest BCUT2D eigenvalue weighted by molar-refractivity contribution is 5.77. The molecule has 1 heterocycles. The van der Waals surface area contributed by atoms with E-state index in [0.29, 0.717) is 17.1 Å². The van der Waals surface area contributed by atoms with Crippen molar-refractivity contribution in [3.05, 3.63) is 62.4 Å². The van der Waals surface area contributed by atoms with Crippen LogP contribution < -0.4 is 5.73 Å². The molecule has 0 aliphatic rings. The van der Waals surface area contributed by atoms with Gasteiger partial charge in [0.2, 0.25) is 0 Å². The number of furan rings is 1. The Bertz CT molecular complexity index is 797. The van der Waals surface area contributed by atoms with Gasteiger partial charge in [0.1, 0.15) is 23.2 Å². The van der Waals surface area contributed by atoms with Crippen molar-refractivity contribution in [1.29, 1.82) is 0 Å². The Hall–Kier alpha value is -3.63. The van der Waals surface area contributed by atoms with Gasteiger partial charge in [0.05, 0.1) is 10.5 Å². The van der Waals surface area contributed by atoms with Gasteiger partial charge in [0, 0.05) is 6.07 Å². The average molecular weight is 318 g/mol. The summed E-state index contributed by atoms with van der Waals surface area (Å²) in [6, 6.07) is 9.25. The van der Waals surface area contributed by atoms with Crippen molar-refractivity contribution < 1.29 is 14.4 Å². The minimum Gasteiger partial charge on any atom is -0.459 e. The second kappa shape index (κ2) is 6.89. The van der Waals surface area contributed by atoms with Crippen LogP contribution in [0, 0.1) is 20.2 Å². The number of para-hydroxylation sites is 1. The minimum atomic E-state index is -0.992. The Morgan fingerprint density at radius 2 is 1.91 bits per heavy atom. The van der Waals surface area contributed by atoms with Crippen molar-refractivity contribution in [1.82, 2.24) is 0 Å². The summed E-state index contributed by atoms with van der Waals surface area (Å²) in [6.07, 6.45) is 0. The normalized spacial score (nSPS) is 11.7. The lowest BCUT2D eigenvalue weighted by molar-refractivity contribution is -0.485. The zero-order valence-corrected chi connectivity index (χ0v) is 11.5. The van der Waals surface area contributed by atoms with Gasteiger partial charge in [-0.1, -0.05) is 12.1 Å². The van der Waals surface area contributed by atoms with Crippen LogP contribution in [0.15, 0.2) is 56.1 Å². The van der Waals surface area contributed by atoms with E-state index in [1.165, 1.54) is 6.07 Å². The molecule has 0 amide bonds. The molecule has 0 saturated heterocycles. The number of rotatable bonds is 5. The Labute approximate surface area is 128 Å². The van der Waals surface area contributed by atoms with Gasteiger partial charge in [0.25, 0.3) is 5.69 Å². The van der Waals surface area contributed by atoms with E-state index in [4.69, 9.17) is 10.2 Å². The van der Waals surface area contributed by atoms with Gasteiger partial charge in [-0.3, -0.25) is 10.1 Å². The van der Waals surface area contributed by atoms with Crippen molar-refractivity contribution >= 4 is 11.6 Å². The first-order valence-electron chi connectivity index (χ1n) is 6.16. The Morgan fingerprint density at radius 3 is 2.61 bits per heavy atom. The summed E-state index contributed by atoms with van der Waals surface area (Å²) in [7, 11) is 0. The third kappa shape index (κ3) is 4.17. The van der Waals surface area contributed by atoms with Crippen molar-refractivity contribution in [2.45, 2.75) is 6.54 Å². The molecule has 0 saturated carbocycles. The largest absolute Gasteiger partial charge is 0.459 e. The van der Waals surface area contributed by atoms with E-state index in [1.54, 1.807) is 30.3 Å². The van der Waals surface area contributed by atoms with Crippen molar-refractivity contribution in [2.75, 3.05) is 0 Å². The molecule has 0 bridgehead atoms. The first-order valence-corrected chi connectivity index (χ1v) is 6.16. The third-order valence-electron chi connectivity index (χ3n) is 2.61. The highest BCUT2D eigenvalue weighted by atomic mass is 16.7. The van der Waals surface area contributed by atoms with Gasteiger partial charge < -0.3 is 10.2 Å². The van der Waals surface area contributed by atoms with Crippen LogP contribution in [0.5, 0.6) is 0 Å². The Balaban J connectivity index is 2.15. The minimum absolute atomic E-state index is 0.0471. The maximum atomic E-state index is 11.0. The van der Waals surface area contributed by atoms with Crippen molar-refractivity contribution in [2.24, 2.45) is 21.1 Å². The van der Waals surface area contributed by atoms with E-state index in [9.17, 15) is 20.2 Å². The summed E-state index contributed by atoms with van der Waals surface area (Å²) in [5.41, 5.74) is 5.37. The molecule has 0 aliphatic heterocycles. The summed E-state index contributed by atoms with van der Waals surface area (Å²) in [4.78, 5) is 20.5. The zero-order chi connectivity index (χ0) is 16.8. The Kier molecular flexibility index (Phi) is 4.72. The smallest absolute Gasteiger partial charge is 0.310 e. The zero-order valence-electron chi connectivity index (χ0n) is 11.5. The van der Waals surface area contributed by atoms with Gasteiger partial charge in [0.15, 0.2) is 5.03 Å². The molecule has 0 radical (unpaired) electrons. The molecule has 0 fully saturated rings. The van der Waals surface area contributed by atoms with Crippen LogP contribution in [0.1, 0.15) is 5.76 Å². The predicted molar refractivity (Wildman–Crippen MR) is 78.0 cm³/mol. The van der Waals surface area contributed by atoms with E-state index >= 15 is 0 Å². The molecule has 2 aromatic rings. The maximum absolute atomic E-state index is 11.0. The molecule has 11 heteroatoms. The van der Waals surface area contributed by atoms with E-state index < -0.39 is 15.9 Å². The highest BCUT2D eigenvalue weighted by Gasteiger charge is 2.16. The predicted octanol–water partition coefficient (Wildman–Crippen LogP) is 2.31. The molecule has 0 aliphatic carbocycles. The second-order valence-electron chi connectivity index (χ2n) is 4.14. The number of azo groups is 1. The molecule has 23 heavy (non-hydrogen) atoms. The van der Waals surface area contributed by atoms with Crippen LogP contribution in [0.2, 0.25) is 0 Å². The van der Waals surface area contributed by atoms with Crippen LogP contribution in [0.4, 0.5) is 5.69 Å². The van der Waals surface area contributed by atoms with Gasteiger partial charge in [-0.2, -0.15) is 5.11 Å². The van der Waals surface area contributed by atoms with E-state index in [-0.39, 0.29) is 12.2 Å². The number of nitro benzene ring substituents is 1.